The van der Waals surface area contributed by atoms with Crippen LogP contribution in [0.25, 0.3) is 0 Å². The van der Waals surface area contributed by atoms with Crippen LogP contribution in [0.15, 0.2) is 18.2 Å². The van der Waals surface area contributed by atoms with Gasteiger partial charge in [-0.15, -0.1) is 0 Å². The SMILES string of the molecule is C[C@@H](CN1CCCc2c(N)cccc2C1)NC(=O)CNO. The number of fused-ring (bicyclic) bond motifs is 1. The Balaban J connectivity index is 1.94. The molecule has 1 aliphatic heterocycles. The maximum absolute atomic E-state index is 11.4. The zero-order valence-electron chi connectivity index (χ0n) is 12.4. The lowest BCUT2D eigenvalue weighted by atomic mass is 10.0. The molecule has 1 aromatic rings. The van der Waals surface area contributed by atoms with E-state index in [0.29, 0.717) is 0 Å². The van der Waals surface area contributed by atoms with Crippen LogP contribution in [0.2, 0.25) is 0 Å². The van der Waals surface area contributed by atoms with Crippen LogP contribution in [0.3, 0.4) is 0 Å². The van der Waals surface area contributed by atoms with E-state index in [1.807, 2.05) is 24.5 Å². The van der Waals surface area contributed by atoms with Gasteiger partial charge in [-0.2, -0.15) is 5.48 Å². The predicted octanol–water partition coefficient (Wildman–Crippen LogP) is 0.501. The van der Waals surface area contributed by atoms with E-state index >= 15 is 0 Å². The largest absolute Gasteiger partial charge is 0.398 e. The molecule has 0 bridgehead atoms. The van der Waals surface area contributed by atoms with Crippen molar-refractivity contribution in [3.8, 4) is 0 Å². The molecular formula is C15H24N4O2. The summed E-state index contributed by atoms with van der Waals surface area (Å²) >= 11 is 0. The maximum Gasteiger partial charge on any atom is 0.236 e. The molecule has 0 saturated heterocycles. The Morgan fingerprint density at radius 1 is 1.52 bits per heavy atom. The topological polar surface area (TPSA) is 90.6 Å². The number of nitrogens with two attached hydrogens (primary N) is 1. The highest BCUT2D eigenvalue weighted by molar-refractivity contribution is 5.78. The van der Waals surface area contributed by atoms with Crippen molar-refractivity contribution in [1.29, 1.82) is 0 Å². The lowest BCUT2D eigenvalue weighted by Crippen LogP contribution is -2.44. The quantitative estimate of drug-likeness (QED) is 0.469. The van der Waals surface area contributed by atoms with E-state index < -0.39 is 0 Å². The highest BCUT2D eigenvalue weighted by Gasteiger charge is 2.18. The molecule has 0 fully saturated rings. The standard InChI is InChI=1S/C15H24N4O2/c1-11(18-15(20)8-17-21)9-19-7-3-5-13-12(10-19)4-2-6-14(13)16/h2,4,6,11,17,21H,3,5,7-10,16H2,1H3,(H,18,20)/t11-/m0/s1. The molecule has 0 spiro atoms. The van der Waals surface area contributed by atoms with Crippen molar-refractivity contribution in [1.82, 2.24) is 15.7 Å². The lowest BCUT2D eigenvalue weighted by molar-refractivity contribution is -0.122. The number of carbonyl (C=O) groups is 1. The monoisotopic (exact) mass is 292 g/mol. The molecule has 0 aromatic heterocycles. The van der Waals surface area contributed by atoms with Crippen LogP contribution in [0, 0.1) is 0 Å². The summed E-state index contributed by atoms with van der Waals surface area (Å²) in [6.07, 6.45) is 2.08. The summed E-state index contributed by atoms with van der Waals surface area (Å²) in [5.74, 6) is -0.204. The van der Waals surface area contributed by atoms with Crippen molar-refractivity contribution in [2.24, 2.45) is 0 Å². The first-order valence-electron chi connectivity index (χ1n) is 7.35. The summed E-state index contributed by atoms with van der Waals surface area (Å²) in [7, 11) is 0. The van der Waals surface area contributed by atoms with Crippen molar-refractivity contribution in [2.45, 2.75) is 32.4 Å². The van der Waals surface area contributed by atoms with Crippen molar-refractivity contribution in [3.05, 3.63) is 29.3 Å². The van der Waals surface area contributed by atoms with Crippen molar-refractivity contribution < 1.29 is 10.0 Å². The van der Waals surface area contributed by atoms with E-state index in [9.17, 15) is 4.79 Å². The van der Waals surface area contributed by atoms with Gasteiger partial charge in [0.1, 0.15) is 0 Å². The van der Waals surface area contributed by atoms with Crippen LogP contribution in [-0.4, -0.2) is 41.7 Å². The molecule has 0 saturated carbocycles. The minimum Gasteiger partial charge on any atom is -0.398 e. The van der Waals surface area contributed by atoms with Crippen molar-refractivity contribution in [2.75, 3.05) is 25.4 Å². The van der Waals surface area contributed by atoms with E-state index in [4.69, 9.17) is 10.9 Å². The van der Waals surface area contributed by atoms with E-state index in [1.54, 1.807) is 0 Å². The molecule has 6 nitrogen and oxygen atoms in total. The van der Waals surface area contributed by atoms with Gasteiger partial charge in [-0.1, -0.05) is 12.1 Å². The molecule has 5 N–H and O–H groups in total. The molecule has 1 amide bonds. The van der Waals surface area contributed by atoms with Gasteiger partial charge in [0.05, 0.1) is 6.54 Å². The fraction of sp³-hybridized carbons (Fsp3) is 0.533. The number of benzene rings is 1. The highest BCUT2D eigenvalue weighted by Crippen LogP contribution is 2.23. The summed E-state index contributed by atoms with van der Waals surface area (Å²) in [6, 6.07) is 6.12. The van der Waals surface area contributed by atoms with Gasteiger partial charge in [0.25, 0.3) is 0 Å². The van der Waals surface area contributed by atoms with Crippen molar-refractivity contribution in [3.63, 3.8) is 0 Å². The molecule has 1 aliphatic rings. The number of amides is 1. The van der Waals surface area contributed by atoms with E-state index in [0.717, 1.165) is 38.2 Å². The summed E-state index contributed by atoms with van der Waals surface area (Å²) in [5.41, 5.74) is 11.3. The Kier molecular flexibility index (Phi) is 5.55. The Morgan fingerprint density at radius 2 is 2.33 bits per heavy atom. The predicted molar refractivity (Wildman–Crippen MR) is 81.8 cm³/mol. The van der Waals surface area contributed by atoms with Crippen molar-refractivity contribution >= 4 is 11.6 Å². The van der Waals surface area contributed by atoms with Gasteiger partial charge in [-0.25, -0.2) is 0 Å². The van der Waals surface area contributed by atoms with Crippen LogP contribution in [0.1, 0.15) is 24.5 Å². The van der Waals surface area contributed by atoms with Gasteiger partial charge in [0.2, 0.25) is 5.91 Å². The summed E-state index contributed by atoms with van der Waals surface area (Å²) < 4.78 is 0. The van der Waals surface area contributed by atoms with Gasteiger partial charge in [0, 0.05) is 24.8 Å². The summed E-state index contributed by atoms with van der Waals surface area (Å²) in [5, 5.41) is 11.4. The molecule has 6 heteroatoms. The number of nitrogens with zero attached hydrogens (tertiary/aromatic N) is 1. The summed E-state index contributed by atoms with van der Waals surface area (Å²) in [4.78, 5) is 13.8. The second kappa shape index (κ2) is 7.40. The van der Waals surface area contributed by atoms with Gasteiger partial charge in [-0.3, -0.25) is 9.69 Å². The second-order valence-corrected chi connectivity index (χ2v) is 5.63. The Bertz CT molecular complexity index is 493. The molecule has 2 rings (SSSR count). The number of hydrogen-bond acceptors (Lipinski definition) is 5. The van der Waals surface area contributed by atoms with E-state index in [1.165, 1.54) is 11.1 Å². The maximum atomic E-state index is 11.4. The molecule has 0 radical (unpaired) electrons. The highest BCUT2D eigenvalue weighted by atomic mass is 16.5. The fourth-order valence-corrected chi connectivity index (χ4v) is 2.89. The number of nitrogens with one attached hydrogen (secondary N) is 2. The minimum absolute atomic E-state index is 0.0356. The third kappa shape index (κ3) is 4.42. The number of hydrogen-bond donors (Lipinski definition) is 4. The summed E-state index contributed by atoms with van der Waals surface area (Å²) in [6.45, 7) is 4.53. The third-order valence-electron chi connectivity index (χ3n) is 3.78. The first kappa shape index (κ1) is 15.8. The first-order valence-corrected chi connectivity index (χ1v) is 7.35. The molecular weight excluding hydrogens is 268 g/mol. The first-order chi connectivity index (χ1) is 10.1. The number of nitrogen functional groups attached to an aromatic ring is 1. The van der Waals surface area contributed by atoms with Crippen LogP contribution < -0.4 is 16.5 Å². The Morgan fingerprint density at radius 3 is 3.10 bits per heavy atom. The van der Waals surface area contributed by atoms with Crippen LogP contribution in [-0.2, 0) is 17.8 Å². The smallest absolute Gasteiger partial charge is 0.236 e. The number of rotatable bonds is 5. The third-order valence-corrected chi connectivity index (χ3v) is 3.78. The number of hydroxylamine groups is 1. The van der Waals surface area contributed by atoms with Crippen LogP contribution in [0.5, 0.6) is 0 Å². The molecule has 21 heavy (non-hydrogen) atoms. The number of anilines is 1. The number of carbonyl (C=O) groups excluding carboxylic acids is 1. The molecule has 0 unspecified atom stereocenters. The fourth-order valence-electron chi connectivity index (χ4n) is 2.89. The van der Waals surface area contributed by atoms with E-state index in [2.05, 4.69) is 16.3 Å². The van der Waals surface area contributed by atoms with Crippen LogP contribution in [0.4, 0.5) is 5.69 Å². The molecule has 0 aliphatic carbocycles. The van der Waals surface area contributed by atoms with Gasteiger partial charge in [0.15, 0.2) is 0 Å². The van der Waals surface area contributed by atoms with Crippen LogP contribution >= 0.6 is 0 Å². The van der Waals surface area contributed by atoms with Gasteiger partial charge < -0.3 is 16.3 Å². The zero-order valence-corrected chi connectivity index (χ0v) is 12.4. The molecule has 116 valence electrons. The molecule has 1 atom stereocenters. The van der Waals surface area contributed by atoms with E-state index in [-0.39, 0.29) is 18.5 Å². The van der Waals surface area contributed by atoms with Gasteiger partial charge in [-0.05, 0) is 43.5 Å². The molecule has 1 heterocycles. The normalized spacial score (nSPS) is 16.9. The lowest BCUT2D eigenvalue weighted by Gasteiger charge is -2.25. The zero-order chi connectivity index (χ0) is 15.2. The van der Waals surface area contributed by atoms with Gasteiger partial charge >= 0.3 is 0 Å². The second-order valence-electron chi connectivity index (χ2n) is 5.63. The Labute approximate surface area is 125 Å². The average Bonchev–Trinajstić information content (AvgIpc) is 2.61. The average molecular weight is 292 g/mol. The Hall–Kier alpha value is -1.63. The molecule has 1 aromatic carbocycles. The minimum atomic E-state index is -0.204.